The number of oxime groups is 2. The third kappa shape index (κ3) is 5.27. The van der Waals surface area contributed by atoms with Crippen LogP contribution < -0.4 is 11.5 Å². The number of hydrogen-bond acceptors (Lipinski definition) is 4. The zero-order valence-electron chi connectivity index (χ0n) is 16.2. The van der Waals surface area contributed by atoms with Crippen LogP contribution in [-0.4, -0.2) is 25.9 Å². The summed E-state index contributed by atoms with van der Waals surface area (Å²) in [5.41, 5.74) is 17.7. The first-order chi connectivity index (χ1) is 13.6. The van der Waals surface area contributed by atoms with Gasteiger partial charge < -0.3 is 21.1 Å². The van der Waals surface area contributed by atoms with Crippen LogP contribution in [0.5, 0.6) is 0 Å². The first-order valence-electron chi connectivity index (χ1n) is 8.67. The van der Waals surface area contributed by atoms with Gasteiger partial charge in [0, 0.05) is 11.1 Å². The van der Waals surface area contributed by atoms with E-state index < -0.39 is 0 Å². The van der Waals surface area contributed by atoms with Gasteiger partial charge in [-0.1, -0.05) is 83.1 Å². The van der Waals surface area contributed by atoms with E-state index in [0.29, 0.717) is 11.7 Å². The van der Waals surface area contributed by atoms with Crippen molar-refractivity contribution in [2.24, 2.45) is 21.8 Å². The fourth-order valence-corrected chi connectivity index (χ4v) is 2.82. The van der Waals surface area contributed by atoms with E-state index in [4.69, 9.17) is 21.1 Å². The normalized spacial score (nSPS) is 11.5. The molecular formula is C22H23ClN4O2. The molecule has 0 unspecified atom stereocenters. The van der Waals surface area contributed by atoms with Gasteiger partial charge >= 0.3 is 0 Å². The molecule has 6 nitrogen and oxygen atoms in total. The standard InChI is InChI=1S/C22H22N4O2.ClH/c1-27-25-21(23)19-11-7-17(8-12-19)15-3-5-16(6-4-15)18-9-13-20(14-10-18)22(24)26-28-2;/h3-14H,1-2H3,(H2,23,25)(H2,24,26);1H. The molecule has 3 rings (SSSR count). The molecule has 0 aliphatic rings. The molecule has 29 heavy (non-hydrogen) atoms. The van der Waals surface area contributed by atoms with Crippen molar-refractivity contribution in [2.75, 3.05) is 14.2 Å². The molecule has 0 bridgehead atoms. The predicted octanol–water partition coefficient (Wildman–Crippen LogP) is 3.98. The summed E-state index contributed by atoms with van der Waals surface area (Å²) in [6.45, 7) is 0. The second-order valence-corrected chi connectivity index (χ2v) is 6.05. The van der Waals surface area contributed by atoms with E-state index in [0.717, 1.165) is 33.4 Å². The lowest BCUT2D eigenvalue weighted by Crippen LogP contribution is -2.13. The Bertz CT molecular complexity index is 900. The van der Waals surface area contributed by atoms with Gasteiger partial charge in [-0.25, -0.2) is 0 Å². The highest BCUT2D eigenvalue weighted by Gasteiger charge is 2.04. The predicted molar refractivity (Wildman–Crippen MR) is 120 cm³/mol. The molecule has 0 saturated heterocycles. The van der Waals surface area contributed by atoms with Crippen LogP contribution in [0.1, 0.15) is 11.1 Å². The summed E-state index contributed by atoms with van der Waals surface area (Å²) in [5, 5.41) is 7.48. The van der Waals surface area contributed by atoms with Gasteiger partial charge in [-0.05, 0) is 22.3 Å². The van der Waals surface area contributed by atoms with Crippen LogP contribution in [0.4, 0.5) is 0 Å². The zero-order valence-corrected chi connectivity index (χ0v) is 17.0. The summed E-state index contributed by atoms with van der Waals surface area (Å²) in [5.74, 6) is 0.702. The minimum Gasteiger partial charge on any atom is -0.397 e. The maximum Gasteiger partial charge on any atom is 0.170 e. The van der Waals surface area contributed by atoms with Crippen LogP contribution in [-0.2, 0) is 9.68 Å². The monoisotopic (exact) mass is 410 g/mol. The lowest BCUT2D eigenvalue weighted by Gasteiger charge is -2.07. The zero-order chi connectivity index (χ0) is 19.9. The van der Waals surface area contributed by atoms with Crippen molar-refractivity contribution in [3.8, 4) is 22.3 Å². The summed E-state index contributed by atoms with van der Waals surface area (Å²) in [7, 11) is 2.94. The summed E-state index contributed by atoms with van der Waals surface area (Å²) in [6, 6.07) is 24.1. The molecular weight excluding hydrogens is 388 g/mol. The Kier molecular flexibility index (Phi) is 7.62. The van der Waals surface area contributed by atoms with Crippen LogP contribution >= 0.6 is 12.4 Å². The third-order valence-electron chi connectivity index (χ3n) is 4.29. The van der Waals surface area contributed by atoms with Crippen molar-refractivity contribution in [2.45, 2.75) is 0 Å². The van der Waals surface area contributed by atoms with E-state index in [2.05, 4.69) is 34.6 Å². The Hall–Kier alpha value is -3.51. The first-order valence-corrected chi connectivity index (χ1v) is 8.67. The molecule has 3 aromatic rings. The number of nitrogens with zero attached hydrogens (tertiary/aromatic N) is 2. The summed E-state index contributed by atoms with van der Waals surface area (Å²) < 4.78 is 0. The summed E-state index contributed by atoms with van der Waals surface area (Å²) in [4.78, 5) is 9.41. The summed E-state index contributed by atoms with van der Waals surface area (Å²) in [6.07, 6.45) is 0. The number of benzene rings is 3. The van der Waals surface area contributed by atoms with Crippen molar-refractivity contribution in [3.63, 3.8) is 0 Å². The largest absolute Gasteiger partial charge is 0.397 e. The average molecular weight is 411 g/mol. The Labute approximate surface area is 176 Å². The fourth-order valence-electron chi connectivity index (χ4n) is 2.82. The van der Waals surface area contributed by atoms with Crippen molar-refractivity contribution in [3.05, 3.63) is 83.9 Å². The lowest BCUT2D eigenvalue weighted by molar-refractivity contribution is 0.213. The lowest BCUT2D eigenvalue weighted by atomic mass is 9.99. The van der Waals surface area contributed by atoms with Gasteiger partial charge in [-0.2, -0.15) is 0 Å². The molecule has 150 valence electrons. The van der Waals surface area contributed by atoms with Crippen LogP contribution in [0.25, 0.3) is 22.3 Å². The molecule has 4 N–H and O–H groups in total. The van der Waals surface area contributed by atoms with Crippen molar-refractivity contribution in [1.82, 2.24) is 0 Å². The number of hydrogen-bond donors (Lipinski definition) is 2. The van der Waals surface area contributed by atoms with E-state index in [1.54, 1.807) is 0 Å². The molecule has 0 atom stereocenters. The number of amidine groups is 2. The van der Waals surface area contributed by atoms with Crippen LogP contribution in [0.15, 0.2) is 83.1 Å². The first kappa shape index (κ1) is 21.8. The summed E-state index contributed by atoms with van der Waals surface area (Å²) >= 11 is 0. The molecule has 0 saturated carbocycles. The molecule has 7 heteroatoms. The van der Waals surface area contributed by atoms with Gasteiger partial charge in [-0.15, -0.1) is 12.4 Å². The van der Waals surface area contributed by atoms with Crippen LogP contribution in [0, 0.1) is 0 Å². The maximum absolute atomic E-state index is 5.83. The SMILES string of the molecule is CO/N=C(/N)c1ccc(-c2ccc(-c3ccc(/C(N)=N\OC)cc3)cc2)cc1.Cl. The molecule has 0 fully saturated rings. The second-order valence-electron chi connectivity index (χ2n) is 6.05. The van der Waals surface area contributed by atoms with Crippen molar-refractivity contribution >= 4 is 24.1 Å². The molecule has 0 aliphatic heterocycles. The van der Waals surface area contributed by atoms with Gasteiger partial charge in [0.15, 0.2) is 11.7 Å². The Morgan fingerprint density at radius 1 is 0.552 bits per heavy atom. The van der Waals surface area contributed by atoms with E-state index in [1.807, 2.05) is 48.5 Å². The minimum absolute atomic E-state index is 0. The van der Waals surface area contributed by atoms with Gasteiger partial charge in [-0.3, -0.25) is 0 Å². The highest BCUT2D eigenvalue weighted by Crippen LogP contribution is 2.25. The van der Waals surface area contributed by atoms with Crippen LogP contribution in [0.2, 0.25) is 0 Å². The number of nitrogens with two attached hydrogens (primary N) is 2. The maximum atomic E-state index is 5.83. The quantitative estimate of drug-likeness (QED) is 0.365. The van der Waals surface area contributed by atoms with Gasteiger partial charge in [0.2, 0.25) is 0 Å². The molecule has 3 aromatic carbocycles. The van der Waals surface area contributed by atoms with Crippen molar-refractivity contribution in [1.29, 1.82) is 0 Å². The van der Waals surface area contributed by atoms with E-state index in [9.17, 15) is 0 Å². The van der Waals surface area contributed by atoms with Crippen LogP contribution in [0.3, 0.4) is 0 Å². The van der Waals surface area contributed by atoms with Gasteiger partial charge in [0.05, 0.1) is 0 Å². The topological polar surface area (TPSA) is 95.2 Å². The Morgan fingerprint density at radius 2 is 0.793 bits per heavy atom. The average Bonchev–Trinajstić information content (AvgIpc) is 2.74. The molecule has 0 aromatic heterocycles. The Morgan fingerprint density at radius 3 is 1.03 bits per heavy atom. The molecule has 0 spiro atoms. The fraction of sp³-hybridized carbons (Fsp3) is 0.0909. The van der Waals surface area contributed by atoms with E-state index >= 15 is 0 Å². The highest BCUT2D eigenvalue weighted by molar-refractivity contribution is 5.98. The number of rotatable bonds is 6. The van der Waals surface area contributed by atoms with E-state index in [-0.39, 0.29) is 12.4 Å². The van der Waals surface area contributed by atoms with E-state index in [1.165, 1.54) is 14.2 Å². The molecule has 0 amide bonds. The number of halogens is 1. The van der Waals surface area contributed by atoms with Crippen molar-refractivity contribution < 1.29 is 9.68 Å². The molecule has 0 aliphatic carbocycles. The Balaban J connectivity index is 0.00000300. The second kappa shape index (κ2) is 10.1. The highest BCUT2D eigenvalue weighted by atomic mass is 35.5. The van der Waals surface area contributed by atoms with Gasteiger partial charge in [0.1, 0.15) is 14.2 Å². The third-order valence-corrected chi connectivity index (χ3v) is 4.29. The smallest absolute Gasteiger partial charge is 0.170 e. The van der Waals surface area contributed by atoms with Gasteiger partial charge in [0.25, 0.3) is 0 Å². The minimum atomic E-state index is 0. The molecule has 0 heterocycles. The molecule has 0 radical (unpaired) electrons.